The summed E-state index contributed by atoms with van der Waals surface area (Å²) in [5, 5.41) is 12.0. The van der Waals surface area contributed by atoms with Crippen LogP contribution in [0.15, 0.2) is 60.7 Å². The second-order valence-corrected chi connectivity index (χ2v) is 7.10. The van der Waals surface area contributed by atoms with Crippen LogP contribution >= 0.6 is 0 Å². The van der Waals surface area contributed by atoms with Crippen LogP contribution in [0.1, 0.15) is 42.7 Å². The minimum atomic E-state index is -0.830. The highest BCUT2D eigenvalue weighted by atomic mass is 16.4. The molecule has 0 heterocycles. The molecule has 1 aliphatic carbocycles. The topological polar surface area (TPSA) is 66.4 Å². The van der Waals surface area contributed by atoms with E-state index in [1.54, 1.807) is 0 Å². The second kappa shape index (κ2) is 8.65. The first-order valence-corrected chi connectivity index (χ1v) is 9.22. The van der Waals surface area contributed by atoms with E-state index >= 15 is 0 Å². The predicted octanol–water partition coefficient (Wildman–Crippen LogP) is 3.77. The molecular weight excluding hydrogens is 326 g/mol. The summed E-state index contributed by atoms with van der Waals surface area (Å²) in [6, 6.07) is 20.0. The number of amides is 1. The average Bonchev–Trinajstić information content (AvgIpc) is 3.40. The van der Waals surface area contributed by atoms with Crippen molar-refractivity contribution in [3.8, 4) is 0 Å². The molecule has 4 heteroatoms. The number of rotatable bonds is 9. The van der Waals surface area contributed by atoms with Crippen LogP contribution in [-0.2, 0) is 16.0 Å². The van der Waals surface area contributed by atoms with Gasteiger partial charge in [-0.25, -0.2) is 0 Å². The van der Waals surface area contributed by atoms with E-state index in [4.69, 9.17) is 5.11 Å². The molecule has 1 fully saturated rings. The van der Waals surface area contributed by atoms with Crippen LogP contribution in [0.2, 0.25) is 0 Å². The van der Waals surface area contributed by atoms with Gasteiger partial charge in [-0.15, -0.1) is 0 Å². The van der Waals surface area contributed by atoms with Crippen LogP contribution in [0.4, 0.5) is 0 Å². The van der Waals surface area contributed by atoms with Gasteiger partial charge in [0.15, 0.2) is 0 Å². The van der Waals surface area contributed by atoms with Crippen LogP contribution in [0.3, 0.4) is 0 Å². The molecular formula is C22H25NO3. The first-order valence-electron chi connectivity index (χ1n) is 9.22. The van der Waals surface area contributed by atoms with Crippen molar-refractivity contribution in [3.63, 3.8) is 0 Å². The van der Waals surface area contributed by atoms with Gasteiger partial charge < -0.3 is 10.4 Å². The van der Waals surface area contributed by atoms with Crippen LogP contribution in [0.5, 0.6) is 0 Å². The zero-order valence-electron chi connectivity index (χ0n) is 14.8. The number of hydrogen-bond acceptors (Lipinski definition) is 2. The Morgan fingerprint density at radius 2 is 1.69 bits per heavy atom. The molecule has 1 unspecified atom stereocenters. The van der Waals surface area contributed by atoms with Crippen LogP contribution in [0.25, 0.3) is 0 Å². The summed E-state index contributed by atoms with van der Waals surface area (Å²) in [7, 11) is 0. The fraction of sp³-hybridized carbons (Fsp3) is 0.364. The largest absolute Gasteiger partial charge is 0.481 e. The minimum absolute atomic E-state index is 0.0275. The van der Waals surface area contributed by atoms with Crippen molar-refractivity contribution in [1.29, 1.82) is 0 Å². The molecule has 1 saturated carbocycles. The van der Waals surface area contributed by atoms with Crippen LogP contribution in [0, 0.1) is 5.92 Å². The lowest BCUT2D eigenvalue weighted by molar-refractivity contribution is -0.137. The van der Waals surface area contributed by atoms with Gasteiger partial charge in [-0.2, -0.15) is 0 Å². The zero-order valence-corrected chi connectivity index (χ0v) is 14.8. The van der Waals surface area contributed by atoms with Gasteiger partial charge in [-0.3, -0.25) is 9.59 Å². The number of carboxylic acid groups (broad SMARTS) is 1. The molecule has 2 aromatic carbocycles. The number of aliphatic carboxylic acids is 1. The third-order valence-electron chi connectivity index (χ3n) is 4.99. The van der Waals surface area contributed by atoms with E-state index in [1.807, 2.05) is 48.5 Å². The Kier molecular flexibility index (Phi) is 6.05. The van der Waals surface area contributed by atoms with E-state index in [2.05, 4.69) is 17.4 Å². The number of nitrogens with one attached hydrogen (secondary N) is 1. The van der Waals surface area contributed by atoms with Crippen LogP contribution < -0.4 is 5.32 Å². The summed E-state index contributed by atoms with van der Waals surface area (Å²) in [5.41, 5.74) is 2.41. The van der Waals surface area contributed by atoms with Crippen molar-refractivity contribution in [2.45, 2.75) is 44.1 Å². The van der Waals surface area contributed by atoms with Gasteiger partial charge in [0.05, 0.1) is 0 Å². The maximum Gasteiger partial charge on any atom is 0.303 e. The summed E-state index contributed by atoms with van der Waals surface area (Å²) >= 11 is 0. The van der Waals surface area contributed by atoms with E-state index in [-0.39, 0.29) is 18.4 Å². The maximum atomic E-state index is 12.5. The van der Waals surface area contributed by atoms with Crippen molar-refractivity contribution >= 4 is 11.9 Å². The second-order valence-electron chi connectivity index (χ2n) is 7.10. The lowest BCUT2D eigenvalue weighted by Gasteiger charge is -2.18. The highest BCUT2D eigenvalue weighted by molar-refractivity contribution is 5.77. The highest BCUT2D eigenvalue weighted by Crippen LogP contribution is 2.49. The molecule has 0 radical (unpaired) electrons. The first kappa shape index (κ1) is 18.2. The zero-order chi connectivity index (χ0) is 18.4. The first-order chi connectivity index (χ1) is 12.6. The van der Waals surface area contributed by atoms with Gasteiger partial charge in [0, 0.05) is 18.9 Å². The van der Waals surface area contributed by atoms with Crippen molar-refractivity contribution in [1.82, 2.24) is 5.32 Å². The fourth-order valence-corrected chi connectivity index (χ4v) is 3.53. The molecule has 2 aromatic rings. The Labute approximate surface area is 154 Å². The summed E-state index contributed by atoms with van der Waals surface area (Å²) in [6.07, 6.45) is 2.73. The van der Waals surface area contributed by atoms with Gasteiger partial charge in [-0.05, 0) is 42.2 Å². The van der Waals surface area contributed by atoms with Gasteiger partial charge in [0.2, 0.25) is 5.91 Å². The summed E-state index contributed by atoms with van der Waals surface area (Å²) in [5.74, 6) is 0.0752. The molecule has 136 valence electrons. The molecule has 0 aromatic heterocycles. The molecule has 1 aliphatic rings. The van der Waals surface area contributed by atoms with Crippen LogP contribution in [-0.4, -0.2) is 23.0 Å². The third-order valence-corrected chi connectivity index (χ3v) is 4.99. The number of carbonyl (C=O) groups excluding carboxylic acids is 1. The van der Waals surface area contributed by atoms with Gasteiger partial charge >= 0.3 is 5.97 Å². The molecule has 0 aliphatic heterocycles. The van der Waals surface area contributed by atoms with E-state index < -0.39 is 5.97 Å². The lowest BCUT2D eigenvalue weighted by Crippen LogP contribution is -2.37. The predicted molar refractivity (Wildman–Crippen MR) is 101 cm³/mol. The quantitative estimate of drug-likeness (QED) is 0.723. The third kappa shape index (κ3) is 5.45. The Morgan fingerprint density at radius 1 is 1.04 bits per heavy atom. The van der Waals surface area contributed by atoms with Crippen molar-refractivity contribution in [2.24, 2.45) is 5.92 Å². The van der Waals surface area contributed by atoms with Gasteiger partial charge in [-0.1, -0.05) is 60.7 Å². The molecule has 0 saturated heterocycles. The van der Waals surface area contributed by atoms with E-state index in [0.717, 1.165) is 12.0 Å². The molecule has 0 bridgehead atoms. The molecule has 4 nitrogen and oxygen atoms in total. The SMILES string of the molecule is O=C(O)CCC(Cc1ccccc1)NC(=O)C[C@@H]1C[C@H]1c1ccccc1. The highest BCUT2D eigenvalue weighted by Gasteiger charge is 2.39. The Morgan fingerprint density at radius 3 is 2.35 bits per heavy atom. The lowest BCUT2D eigenvalue weighted by atomic mass is 10.0. The van der Waals surface area contributed by atoms with E-state index in [0.29, 0.717) is 31.1 Å². The fourth-order valence-electron chi connectivity index (χ4n) is 3.53. The number of hydrogen-bond donors (Lipinski definition) is 2. The van der Waals surface area contributed by atoms with Gasteiger partial charge in [0.25, 0.3) is 0 Å². The number of benzene rings is 2. The van der Waals surface area contributed by atoms with Crippen molar-refractivity contribution < 1.29 is 14.7 Å². The summed E-state index contributed by atoms with van der Waals surface area (Å²) < 4.78 is 0. The normalized spacial score (nSPS) is 19.5. The monoisotopic (exact) mass is 351 g/mol. The standard InChI is InChI=1S/C22H25NO3/c24-21(15-18-14-20(18)17-9-5-2-6-10-17)23-19(11-12-22(25)26)13-16-7-3-1-4-8-16/h1-10,18-20H,11-15H2,(H,23,24)(H,25,26)/t18-,19?,20-/m0/s1. The Hall–Kier alpha value is -2.62. The Balaban J connectivity index is 1.52. The average molecular weight is 351 g/mol. The smallest absolute Gasteiger partial charge is 0.303 e. The van der Waals surface area contributed by atoms with E-state index in [1.165, 1.54) is 5.56 Å². The molecule has 0 spiro atoms. The van der Waals surface area contributed by atoms with Gasteiger partial charge in [0.1, 0.15) is 0 Å². The maximum absolute atomic E-state index is 12.5. The van der Waals surface area contributed by atoms with Crippen molar-refractivity contribution in [3.05, 3.63) is 71.8 Å². The van der Waals surface area contributed by atoms with E-state index in [9.17, 15) is 9.59 Å². The van der Waals surface area contributed by atoms with Crippen molar-refractivity contribution in [2.75, 3.05) is 0 Å². The minimum Gasteiger partial charge on any atom is -0.481 e. The number of carbonyl (C=O) groups is 2. The summed E-state index contributed by atoms with van der Waals surface area (Å²) in [4.78, 5) is 23.4. The Bertz CT molecular complexity index is 730. The molecule has 26 heavy (non-hydrogen) atoms. The molecule has 2 N–H and O–H groups in total. The molecule has 3 atom stereocenters. The summed E-state index contributed by atoms with van der Waals surface area (Å²) in [6.45, 7) is 0. The number of carboxylic acids is 1. The molecule has 3 rings (SSSR count). The molecule has 1 amide bonds.